The molecule has 1 unspecified atom stereocenters. The Bertz CT molecular complexity index is 1270. The first kappa shape index (κ1) is 30.3. The molecule has 0 spiro atoms. The molecule has 0 bridgehead atoms. The number of sulfone groups is 1. The highest BCUT2D eigenvalue weighted by Gasteiger charge is 2.55. The average Bonchev–Trinajstić information content (AvgIpc) is 2.82. The number of carbonyl (C=O) groups excluding carboxylic acids is 2. The van der Waals surface area contributed by atoms with Crippen LogP contribution in [-0.4, -0.2) is 85.6 Å². The van der Waals surface area contributed by atoms with Gasteiger partial charge in [0, 0.05) is 26.2 Å². The van der Waals surface area contributed by atoms with Gasteiger partial charge in [-0.05, 0) is 43.3 Å². The van der Waals surface area contributed by atoms with Crippen molar-refractivity contribution in [1.82, 2.24) is 4.90 Å². The molecular weight excluding hydrogens is 543 g/mol. The molecule has 0 aromatic heterocycles. The summed E-state index contributed by atoms with van der Waals surface area (Å²) in [6.45, 7) is -0.901. The monoisotopic (exact) mass is 567 g/mol. The fraction of sp³-hybridized carbons (Fsp3) is 0.364. The lowest BCUT2D eigenvalue weighted by Gasteiger charge is -2.25. The van der Waals surface area contributed by atoms with E-state index in [-0.39, 0.29) is 23.3 Å². The van der Waals surface area contributed by atoms with Crippen LogP contribution in [-0.2, 0) is 14.6 Å². The number of amides is 2. The minimum atomic E-state index is -5.32. The third kappa shape index (κ3) is 6.51. The fourth-order valence-electron chi connectivity index (χ4n) is 2.86. The quantitative estimate of drug-likeness (QED) is 0.307. The maximum absolute atomic E-state index is 13.4. The van der Waals surface area contributed by atoms with Gasteiger partial charge in [0.1, 0.15) is 0 Å². The Hall–Kier alpha value is -2.91. The summed E-state index contributed by atoms with van der Waals surface area (Å²) >= 11 is 6.25. The van der Waals surface area contributed by atoms with E-state index < -0.39 is 68.1 Å². The number of nitrogens with one attached hydrogen (secondary N) is 2. The predicted molar refractivity (Wildman–Crippen MR) is 128 cm³/mol. The van der Waals surface area contributed by atoms with E-state index in [1.54, 1.807) is 0 Å². The largest absolute Gasteiger partial charge is 0.426 e. The topological polar surface area (TPSA) is 156 Å². The Morgan fingerprint density at radius 3 is 2.16 bits per heavy atom. The Morgan fingerprint density at radius 2 is 1.68 bits per heavy atom. The minimum absolute atomic E-state index is 0.209. The van der Waals surface area contributed by atoms with Gasteiger partial charge in [-0.1, -0.05) is 11.6 Å². The van der Waals surface area contributed by atoms with E-state index in [9.17, 15) is 41.4 Å². The van der Waals surface area contributed by atoms with E-state index in [4.69, 9.17) is 16.7 Å². The normalized spacial score (nSPS) is 14.4. The van der Waals surface area contributed by atoms with Gasteiger partial charge in [0.25, 0.3) is 11.8 Å². The summed E-state index contributed by atoms with van der Waals surface area (Å²) in [6.07, 6.45) is -6.69. The highest BCUT2D eigenvalue weighted by molar-refractivity contribution is 7.91. The number of hydrogen-bond acceptors (Lipinski definition) is 8. The maximum Gasteiger partial charge on any atom is 0.426 e. The van der Waals surface area contributed by atoms with Crippen molar-refractivity contribution in [2.75, 3.05) is 37.9 Å². The molecule has 37 heavy (non-hydrogen) atoms. The van der Waals surface area contributed by atoms with E-state index in [1.807, 2.05) is 5.32 Å². The summed E-state index contributed by atoms with van der Waals surface area (Å²) < 4.78 is 65.9. The van der Waals surface area contributed by atoms with Crippen molar-refractivity contribution in [2.24, 2.45) is 0 Å². The number of halogens is 4. The summed E-state index contributed by atoms with van der Waals surface area (Å²) in [5.41, 5.74) is -4.44. The molecule has 0 fully saturated rings. The molecule has 204 valence electrons. The molecule has 0 aliphatic carbocycles. The second-order valence-electron chi connectivity index (χ2n) is 8.27. The molecule has 10 nitrogen and oxygen atoms in total. The van der Waals surface area contributed by atoms with Crippen LogP contribution in [0, 0.1) is 0 Å². The highest BCUT2D eigenvalue weighted by Crippen LogP contribution is 2.39. The van der Waals surface area contributed by atoms with Crippen LogP contribution in [0.3, 0.4) is 0 Å². The summed E-state index contributed by atoms with van der Waals surface area (Å²) in [5, 5.41) is 32.2. The van der Waals surface area contributed by atoms with Crippen molar-refractivity contribution in [3.05, 3.63) is 47.0 Å². The average molecular weight is 568 g/mol. The summed E-state index contributed by atoms with van der Waals surface area (Å²) in [4.78, 5) is 24.8. The number of rotatable bonds is 9. The first-order valence-electron chi connectivity index (χ1n) is 10.5. The molecule has 0 aliphatic rings. The molecular formula is C22H25ClF3N3O7S. The zero-order chi connectivity index (χ0) is 28.3. The molecule has 0 heterocycles. The van der Waals surface area contributed by atoms with Crippen molar-refractivity contribution in [3.8, 4) is 0 Å². The number of alkyl halides is 3. The van der Waals surface area contributed by atoms with Crippen molar-refractivity contribution >= 4 is 44.6 Å². The van der Waals surface area contributed by atoms with Gasteiger partial charge in [-0.3, -0.25) is 9.59 Å². The molecule has 0 saturated heterocycles. The molecule has 15 heteroatoms. The Kier molecular flexibility index (Phi) is 9.20. The lowest BCUT2D eigenvalue weighted by atomic mass is 10.1. The van der Waals surface area contributed by atoms with Crippen LogP contribution in [0.4, 0.5) is 24.5 Å². The molecule has 2 rings (SSSR count). The molecule has 2 atom stereocenters. The number of hydrogen-bond donors (Lipinski definition) is 5. The third-order valence-electron chi connectivity index (χ3n) is 5.18. The lowest BCUT2D eigenvalue weighted by Crippen LogP contribution is -2.52. The summed E-state index contributed by atoms with van der Waals surface area (Å²) in [7, 11) is -1.33. The predicted octanol–water partition coefficient (Wildman–Crippen LogP) is 1.89. The van der Waals surface area contributed by atoms with Gasteiger partial charge in [0.2, 0.25) is 15.4 Å². The second kappa shape index (κ2) is 11.2. The molecule has 2 aromatic carbocycles. The summed E-state index contributed by atoms with van der Waals surface area (Å²) in [6, 6.07) is 6.79. The highest BCUT2D eigenvalue weighted by atomic mass is 35.5. The van der Waals surface area contributed by atoms with E-state index in [2.05, 4.69) is 5.32 Å². The summed E-state index contributed by atoms with van der Waals surface area (Å²) in [5.74, 6) is -2.25. The smallest absolute Gasteiger partial charge is 0.394 e. The van der Waals surface area contributed by atoms with Gasteiger partial charge in [0.05, 0.1) is 38.9 Å². The Balaban J connectivity index is 2.57. The van der Waals surface area contributed by atoms with Crippen LogP contribution in [0.25, 0.3) is 0 Å². The van der Waals surface area contributed by atoms with Crippen LogP contribution >= 0.6 is 11.6 Å². The minimum Gasteiger partial charge on any atom is -0.394 e. The SMILES string of the molecule is CN(C)C(=O)c1ccc(S(=O)(=O)c2ccc(NC(=O)[C@@](C)(O)C(F)(F)F)c(Cl)c2NCC(O)CO)cc1. The van der Waals surface area contributed by atoms with Gasteiger partial charge in [-0.15, -0.1) is 0 Å². The van der Waals surface area contributed by atoms with E-state index in [0.29, 0.717) is 0 Å². The van der Waals surface area contributed by atoms with Gasteiger partial charge >= 0.3 is 6.18 Å². The van der Waals surface area contributed by atoms with E-state index in [0.717, 1.165) is 12.1 Å². The molecule has 5 N–H and O–H groups in total. The lowest BCUT2D eigenvalue weighted by molar-refractivity contribution is -0.242. The first-order chi connectivity index (χ1) is 16.9. The van der Waals surface area contributed by atoms with Crippen LogP contribution in [0.15, 0.2) is 46.2 Å². The molecule has 0 saturated carbocycles. The fourth-order valence-corrected chi connectivity index (χ4v) is 4.64. The Labute approximate surface area is 215 Å². The van der Waals surface area contributed by atoms with E-state index >= 15 is 0 Å². The zero-order valence-corrected chi connectivity index (χ0v) is 21.4. The van der Waals surface area contributed by atoms with Crippen LogP contribution in [0.5, 0.6) is 0 Å². The zero-order valence-electron chi connectivity index (χ0n) is 19.8. The number of aliphatic hydroxyl groups is 3. The van der Waals surface area contributed by atoms with Crippen LogP contribution in [0.1, 0.15) is 17.3 Å². The molecule has 2 aromatic rings. The molecule has 0 radical (unpaired) electrons. The second-order valence-corrected chi connectivity index (χ2v) is 10.6. The van der Waals surface area contributed by atoms with Crippen molar-refractivity contribution in [2.45, 2.75) is 34.6 Å². The number of aliphatic hydroxyl groups excluding tert-OH is 2. The molecule has 0 aliphatic heterocycles. The number of carbonyl (C=O) groups is 2. The van der Waals surface area contributed by atoms with Gasteiger partial charge in [-0.2, -0.15) is 13.2 Å². The van der Waals surface area contributed by atoms with Crippen LogP contribution < -0.4 is 10.6 Å². The van der Waals surface area contributed by atoms with Crippen molar-refractivity contribution < 1.29 is 46.5 Å². The molecule has 2 amide bonds. The van der Waals surface area contributed by atoms with Crippen LogP contribution in [0.2, 0.25) is 5.02 Å². The standard InChI is InChI=1S/C22H25ClF3N3O7S/c1-21(34,22(24,25)26)20(33)28-15-8-9-16(18(17(15)23)27-10-13(31)11-30)37(35,36)14-6-4-12(5-7-14)19(32)29(2)3/h4-9,13,27,30-31,34H,10-11H2,1-3H3,(H,28,33)/t13?,21-/m1/s1. The van der Waals surface area contributed by atoms with Gasteiger partial charge in [-0.25, -0.2) is 8.42 Å². The van der Waals surface area contributed by atoms with Gasteiger partial charge in [0.15, 0.2) is 0 Å². The maximum atomic E-state index is 13.4. The first-order valence-corrected chi connectivity index (χ1v) is 12.3. The number of nitrogens with zero attached hydrogens (tertiary/aromatic N) is 1. The van der Waals surface area contributed by atoms with E-state index in [1.165, 1.54) is 43.3 Å². The third-order valence-corrected chi connectivity index (χ3v) is 7.38. The number of anilines is 2. The van der Waals surface area contributed by atoms with Gasteiger partial charge < -0.3 is 30.9 Å². The Morgan fingerprint density at radius 1 is 1.11 bits per heavy atom. The number of benzene rings is 2. The van der Waals surface area contributed by atoms with Crippen molar-refractivity contribution in [1.29, 1.82) is 0 Å². The van der Waals surface area contributed by atoms with Crippen molar-refractivity contribution in [3.63, 3.8) is 0 Å².